The largest absolute Gasteiger partial charge is 0.416 e. The molecule has 0 spiro atoms. The lowest BCUT2D eigenvalue weighted by atomic mass is 9.80. The molecular weight excluding hydrogens is 336 g/mol. The summed E-state index contributed by atoms with van der Waals surface area (Å²) >= 11 is 0. The summed E-state index contributed by atoms with van der Waals surface area (Å²) in [5, 5.41) is 1.69. The highest BCUT2D eigenvalue weighted by molar-refractivity contribution is 6.74. The predicted octanol–water partition coefficient (Wildman–Crippen LogP) is 5.06. The van der Waals surface area contributed by atoms with Crippen LogP contribution in [0.3, 0.4) is 0 Å². The fourth-order valence-electron chi connectivity index (χ4n) is 4.19. The number of nitrogens with one attached hydrogen (secondary N) is 1. The maximum absolute atomic E-state index is 6.55. The van der Waals surface area contributed by atoms with Gasteiger partial charge in [0.15, 0.2) is 8.32 Å². The van der Waals surface area contributed by atoms with Crippen molar-refractivity contribution in [3.8, 4) is 0 Å². The Bertz CT molecular complexity index is 859. The van der Waals surface area contributed by atoms with E-state index < -0.39 is 8.32 Å². The Morgan fingerprint density at radius 1 is 1.27 bits per heavy atom. The molecule has 2 atom stereocenters. The molecule has 2 aliphatic rings. The first kappa shape index (κ1) is 18.0. The molecule has 1 N–H and O–H groups in total. The average molecular weight is 369 g/mol. The van der Waals surface area contributed by atoms with Gasteiger partial charge < -0.3 is 9.41 Å². The normalized spacial score (nSPS) is 23.8. The number of hydrogen-bond donors (Lipinski definition) is 1. The van der Waals surface area contributed by atoms with Gasteiger partial charge in [0.05, 0.1) is 0 Å². The van der Waals surface area contributed by atoms with Crippen LogP contribution < -0.4 is 0 Å². The van der Waals surface area contributed by atoms with Crippen LogP contribution in [0.15, 0.2) is 30.5 Å². The van der Waals surface area contributed by atoms with Crippen LogP contribution in [0.1, 0.15) is 31.9 Å². The lowest BCUT2D eigenvalue weighted by Crippen LogP contribution is -2.46. The van der Waals surface area contributed by atoms with Gasteiger partial charge in [-0.2, -0.15) is 0 Å². The Kier molecular flexibility index (Phi) is 4.21. The molecule has 4 rings (SSSR count). The molecule has 0 saturated carbocycles. The molecule has 2 heterocycles. The first-order valence-corrected chi connectivity index (χ1v) is 12.7. The van der Waals surface area contributed by atoms with Gasteiger partial charge in [-0.1, -0.05) is 39.0 Å². The average Bonchev–Trinajstić information content (AvgIpc) is 2.98. The zero-order chi connectivity index (χ0) is 18.7. The molecule has 140 valence electrons. The van der Waals surface area contributed by atoms with E-state index >= 15 is 0 Å². The Morgan fingerprint density at radius 3 is 2.77 bits per heavy atom. The number of rotatable bonds is 3. The van der Waals surface area contributed by atoms with E-state index in [9.17, 15) is 0 Å². The van der Waals surface area contributed by atoms with Gasteiger partial charge >= 0.3 is 0 Å². The highest BCUT2D eigenvalue weighted by Gasteiger charge is 2.39. The Labute approximate surface area is 158 Å². The quantitative estimate of drug-likeness (QED) is 0.767. The smallest absolute Gasteiger partial charge is 0.192 e. The van der Waals surface area contributed by atoms with Crippen LogP contribution in [0.25, 0.3) is 16.5 Å². The van der Waals surface area contributed by atoms with Crippen molar-refractivity contribution in [2.24, 2.45) is 5.92 Å². The summed E-state index contributed by atoms with van der Waals surface area (Å²) in [4.78, 5) is 5.98. The third-order valence-corrected chi connectivity index (χ3v) is 11.3. The van der Waals surface area contributed by atoms with Gasteiger partial charge in [0, 0.05) is 42.2 Å². The van der Waals surface area contributed by atoms with Crippen molar-refractivity contribution in [1.29, 1.82) is 0 Å². The van der Waals surface area contributed by atoms with Crippen LogP contribution in [0.5, 0.6) is 0 Å². The van der Waals surface area contributed by atoms with Crippen LogP contribution in [0, 0.1) is 5.92 Å². The van der Waals surface area contributed by atoms with Crippen LogP contribution >= 0.6 is 0 Å². The van der Waals surface area contributed by atoms with Crippen LogP contribution in [-0.4, -0.2) is 44.4 Å². The van der Waals surface area contributed by atoms with Gasteiger partial charge in [0.1, 0.15) is 0 Å². The third kappa shape index (κ3) is 2.88. The molecule has 0 bridgehead atoms. The molecule has 1 aliphatic heterocycles. The summed E-state index contributed by atoms with van der Waals surface area (Å²) in [6.07, 6.45) is 5.82. The molecule has 0 fully saturated rings. The zero-order valence-corrected chi connectivity index (χ0v) is 18.0. The SMILES string of the molecule is CN1CC(CO[Si](C)(C)C(C)(C)C)C=C2c3cccc4[nH]cc(c34)C[C@H]21. The van der Waals surface area contributed by atoms with Crippen molar-refractivity contribution in [3.63, 3.8) is 0 Å². The van der Waals surface area contributed by atoms with E-state index in [0.717, 1.165) is 19.6 Å². The molecular formula is C22H32N2OSi. The van der Waals surface area contributed by atoms with E-state index in [0.29, 0.717) is 12.0 Å². The molecule has 2 aromatic rings. The monoisotopic (exact) mass is 368 g/mol. The number of aromatic nitrogens is 1. The van der Waals surface area contributed by atoms with Crippen molar-refractivity contribution in [2.45, 2.75) is 51.4 Å². The van der Waals surface area contributed by atoms with E-state index in [1.807, 2.05) is 0 Å². The lowest BCUT2D eigenvalue weighted by Gasteiger charge is -2.42. The van der Waals surface area contributed by atoms with Crippen LogP contribution in [-0.2, 0) is 10.8 Å². The van der Waals surface area contributed by atoms with Gasteiger partial charge in [0.25, 0.3) is 0 Å². The Balaban J connectivity index is 1.64. The molecule has 1 unspecified atom stereocenters. The van der Waals surface area contributed by atoms with Crippen molar-refractivity contribution in [2.75, 3.05) is 20.2 Å². The number of aromatic amines is 1. The minimum Gasteiger partial charge on any atom is -0.416 e. The Morgan fingerprint density at radius 2 is 2.04 bits per heavy atom. The van der Waals surface area contributed by atoms with E-state index in [1.165, 1.54) is 27.6 Å². The number of nitrogens with zero attached hydrogens (tertiary/aromatic N) is 1. The fraction of sp³-hybridized carbons (Fsp3) is 0.545. The van der Waals surface area contributed by atoms with E-state index in [-0.39, 0.29) is 5.04 Å². The summed E-state index contributed by atoms with van der Waals surface area (Å²) in [6, 6.07) is 7.15. The minimum atomic E-state index is -1.70. The second-order valence-electron chi connectivity index (χ2n) is 9.65. The number of fused-ring (bicyclic) bond motifs is 2. The summed E-state index contributed by atoms with van der Waals surface area (Å²) in [6.45, 7) is 13.6. The molecule has 3 nitrogen and oxygen atoms in total. The van der Waals surface area contributed by atoms with Gasteiger partial charge in [-0.3, -0.25) is 4.90 Å². The van der Waals surface area contributed by atoms with Gasteiger partial charge in [0.2, 0.25) is 0 Å². The molecule has 26 heavy (non-hydrogen) atoms. The van der Waals surface area contributed by atoms with E-state index in [1.54, 1.807) is 0 Å². The number of H-pyrrole nitrogens is 1. The number of benzene rings is 1. The van der Waals surface area contributed by atoms with Crippen LogP contribution in [0.2, 0.25) is 18.1 Å². The highest BCUT2D eigenvalue weighted by Crippen LogP contribution is 2.41. The molecule has 1 aromatic carbocycles. The van der Waals surface area contributed by atoms with E-state index in [4.69, 9.17) is 4.43 Å². The molecule has 0 saturated heterocycles. The number of likely N-dealkylation sites (N-methyl/N-ethyl adjacent to an activating group) is 1. The van der Waals surface area contributed by atoms with Gasteiger partial charge in [-0.15, -0.1) is 0 Å². The molecule has 1 aliphatic carbocycles. The maximum Gasteiger partial charge on any atom is 0.192 e. The van der Waals surface area contributed by atoms with E-state index in [2.05, 4.69) is 81.3 Å². The van der Waals surface area contributed by atoms with Crippen molar-refractivity contribution >= 4 is 24.8 Å². The molecule has 0 amide bonds. The molecule has 4 heteroatoms. The lowest BCUT2D eigenvalue weighted by molar-refractivity contribution is 0.184. The predicted molar refractivity (Wildman–Crippen MR) is 113 cm³/mol. The van der Waals surface area contributed by atoms with Crippen molar-refractivity contribution < 1.29 is 4.43 Å². The molecule has 0 radical (unpaired) electrons. The zero-order valence-electron chi connectivity index (χ0n) is 17.0. The first-order valence-electron chi connectivity index (χ1n) is 9.82. The summed E-state index contributed by atoms with van der Waals surface area (Å²) in [5.41, 5.74) is 5.64. The standard InChI is InChI=1S/C22H32N2OSi/c1-22(2,3)26(5,6)25-14-15-10-18-17-8-7-9-19-21(17)16(12-23-19)11-20(18)24(4)13-15/h7-10,12,15,20,23H,11,13-14H2,1-6H3/t15?,20-/m1/s1. The Hall–Kier alpha value is -1.36. The maximum atomic E-state index is 6.55. The summed E-state index contributed by atoms with van der Waals surface area (Å²) < 4.78 is 6.55. The molecule has 1 aromatic heterocycles. The summed E-state index contributed by atoms with van der Waals surface area (Å²) in [5.74, 6) is 0.469. The van der Waals surface area contributed by atoms with Gasteiger partial charge in [-0.05, 0) is 54.4 Å². The van der Waals surface area contributed by atoms with Gasteiger partial charge in [-0.25, -0.2) is 0 Å². The minimum absolute atomic E-state index is 0.264. The van der Waals surface area contributed by atoms with Crippen molar-refractivity contribution in [3.05, 3.63) is 41.6 Å². The second kappa shape index (κ2) is 6.08. The third-order valence-electron chi connectivity index (χ3n) is 6.80. The second-order valence-corrected chi connectivity index (χ2v) is 14.5. The fourth-order valence-corrected chi connectivity index (χ4v) is 5.25. The first-order chi connectivity index (χ1) is 12.2. The van der Waals surface area contributed by atoms with Crippen LogP contribution in [0.4, 0.5) is 0 Å². The summed E-state index contributed by atoms with van der Waals surface area (Å²) in [7, 11) is 0.570. The van der Waals surface area contributed by atoms with Crippen molar-refractivity contribution in [1.82, 2.24) is 9.88 Å². The highest BCUT2D eigenvalue weighted by atomic mass is 28.4. The topological polar surface area (TPSA) is 28.3 Å². The number of hydrogen-bond acceptors (Lipinski definition) is 2.